The van der Waals surface area contributed by atoms with Crippen LogP contribution in [0.1, 0.15) is 54.8 Å². The number of aromatic nitrogens is 2. The maximum absolute atomic E-state index is 12.0. The molecule has 2 heterocycles. The second kappa shape index (κ2) is 5.12. The molecule has 6 nitrogen and oxygen atoms in total. The van der Waals surface area contributed by atoms with Crippen LogP contribution in [0.25, 0.3) is 0 Å². The highest BCUT2D eigenvalue weighted by molar-refractivity contribution is 5.96. The summed E-state index contributed by atoms with van der Waals surface area (Å²) in [4.78, 5) is 16.6. The largest absolute Gasteiger partial charge is 0.495 e. The highest BCUT2D eigenvalue weighted by Gasteiger charge is 2.33. The second-order valence-corrected chi connectivity index (χ2v) is 5.85. The van der Waals surface area contributed by atoms with E-state index in [4.69, 9.17) is 9.26 Å². The third-order valence-electron chi connectivity index (χ3n) is 4.53. The van der Waals surface area contributed by atoms with Gasteiger partial charge in [-0.05, 0) is 24.5 Å². The summed E-state index contributed by atoms with van der Waals surface area (Å²) in [5.74, 6) is 2.09. The molecular weight excluding hydrogens is 282 g/mol. The molecule has 1 aliphatic heterocycles. The Hall–Kier alpha value is -2.37. The molecule has 1 fully saturated rings. The first kappa shape index (κ1) is 13.3. The van der Waals surface area contributed by atoms with Gasteiger partial charge >= 0.3 is 0 Å². The zero-order chi connectivity index (χ0) is 15.1. The third-order valence-corrected chi connectivity index (χ3v) is 4.53. The molecule has 0 spiro atoms. The molecule has 4 rings (SSSR count). The van der Waals surface area contributed by atoms with Gasteiger partial charge in [-0.15, -0.1) is 0 Å². The number of para-hydroxylation sites is 1. The number of carbonyl (C=O) groups is 1. The highest BCUT2D eigenvalue weighted by Crippen LogP contribution is 2.42. The number of carbonyl (C=O) groups excluding carboxylic acids is 1. The molecule has 114 valence electrons. The van der Waals surface area contributed by atoms with Crippen LogP contribution in [0.5, 0.6) is 5.75 Å². The summed E-state index contributed by atoms with van der Waals surface area (Å²) in [7, 11) is 1.59. The van der Waals surface area contributed by atoms with Crippen LogP contribution in [-0.2, 0) is 4.79 Å². The van der Waals surface area contributed by atoms with E-state index in [-0.39, 0.29) is 11.8 Å². The van der Waals surface area contributed by atoms with E-state index in [2.05, 4.69) is 15.5 Å². The third kappa shape index (κ3) is 2.06. The topological polar surface area (TPSA) is 77.2 Å². The summed E-state index contributed by atoms with van der Waals surface area (Å²) in [5.41, 5.74) is 1.66. The van der Waals surface area contributed by atoms with Gasteiger partial charge in [-0.3, -0.25) is 4.79 Å². The van der Waals surface area contributed by atoms with E-state index in [9.17, 15) is 4.79 Å². The molecule has 1 unspecified atom stereocenters. The zero-order valence-corrected chi connectivity index (χ0v) is 12.3. The van der Waals surface area contributed by atoms with Gasteiger partial charge in [-0.25, -0.2) is 0 Å². The number of ether oxygens (including phenoxy) is 1. The Labute approximate surface area is 127 Å². The van der Waals surface area contributed by atoms with Crippen molar-refractivity contribution >= 4 is 11.6 Å². The summed E-state index contributed by atoms with van der Waals surface area (Å²) in [5, 5.41) is 6.98. The number of rotatable bonds is 3. The summed E-state index contributed by atoms with van der Waals surface area (Å²) in [6.45, 7) is 0. The van der Waals surface area contributed by atoms with Gasteiger partial charge in [0.25, 0.3) is 0 Å². The van der Waals surface area contributed by atoms with Crippen molar-refractivity contribution in [1.82, 2.24) is 10.1 Å². The van der Waals surface area contributed by atoms with E-state index < -0.39 is 0 Å². The van der Waals surface area contributed by atoms with Gasteiger partial charge in [0.1, 0.15) is 5.75 Å². The SMILES string of the molecule is COc1cccc2c1NC(=O)CC2c1nc(C2CCC2)no1. The van der Waals surface area contributed by atoms with Crippen LogP contribution in [-0.4, -0.2) is 23.2 Å². The molecule has 1 atom stereocenters. The molecule has 22 heavy (non-hydrogen) atoms. The van der Waals surface area contributed by atoms with Gasteiger partial charge < -0.3 is 14.6 Å². The summed E-state index contributed by atoms with van der Waals surface area (Å²) >= 11 is 0. The minimum Gasteiger partial charge on any atom is -0.495 e. The van der Waals surface area contributed by atoms with Crippen molar-refractivity contribution in [2.24, 2.45) is 0 Å². The molecule has 2 aliphatic rings. The lowest BCUT2D eigenvalue weighted by atomic mass is 9.85. The number of nitrogens with zero attached hydrogens (tertiary/aromatic N) is 2. The summed E-state index contributed by atoms with van der Waals surface area (Å²) < 4.78 is 10.8. The minimum absolute atomic E-state index is 0.0644. The first-order valence-corrected chi connectivity index (χ1v) is 7.56. The Bertz CT molecular complexity index is 721. The van der Waals surface area contributed by atoms with Crippen molar-refractivity contribution < 1.29 is 14.1 Å². The Morgan fingerprint density at radius 2 is 2.23 bits per heavy atom. The molecule has 0 bridgehead atoms. The first-order valence-electron chi connectivity index (χ1n) is 7.56. The van der Waals surface area contributed by atoms with Gasteiger partial charge in [0.05, 0.1) is 18.7 Å². The quantitative estimate of drug-likeness (QED) is 0.943. The number of anilines is 1. The van der Waals surface area contributed by atoms with Crippen molar-refractivity contribution in [3.8, 4) is 5.75 Å². The van der Waals surface area contributed by atoms with Crippen molar-refractivity contribution in [3.05, 3.63) is 35.5 Å². The fourth-order valence-corrected chi connectivity index (χ4v) is 3.07. The Kier molecular flexibility index (Phi) is 3.10. The van der Waals surface area contributed by atoms with Crippen molar-refractivity contribution in [2.45, 2.75) is 37.5 Å². The number of benzene rings is 1. The molecule has 1 aromatic carbocycles. The number of nitrogens with one attached hydrogen (secondary N) is 1. The molecule has 2 aromatic rings. The van der Waals surface area contributed by atoms with Crippen LogP contribution in [0.15, 0.2) is 22.7 Å². The molecule has 1 N–H and O–H groups in total. The highest BCUT2D eigenvalue weighted by atomic mass is 16.5. The maximum Gasteiger partial charge on any atom is 0.234 e. The van der Waals surface area contributed by atoms with E-state index >= 15 is 0 Å². The van der Waals surface area contributed by atoms with Crippen molar-refractivity contribution in [1.29, 1.82) is 0 Å². The lowest BCUT2D eigenvalue weighted by Crippen LogP contribution is -2.24. The number of hydrogen-bond acceptors (Lipinski definition) is 5. The van der Waals surface area contributed by atoms with E-state index in [0.717, 1.165) is 24.2 Å². The van der Waals surface area contributed by atoms with Crippen LogP contribution in [0.2, 0.25) is 0 Å². The Balaban J connectivity index is 1.73. The van der Waals surface area contributed by atoms with Crippen LogP contribution >= 0.6 is 0 Å². The number of methoxy groups -OCH3 is 1. The number of fused-ring (bicyclic) bond motifs is 1. The molecule has 1 saturated carbocycles. The fraction of sp³-hybridized carbons (Fsp3) is 0.438. The number of amides is 1. The second-order valence-electron chi connectivity index (χ2n) is 5.85. The minimum atomic E-state index is -0.208. The van der Waals surface area contributed by atoms with Crippen molar-refractivity contribution in [2.75, 3.05) is 12.4 Å². The van der Waals surface area contributed by atoms with Gasteiger partial charge in [0.2, 0.25) is 11.8 Å². The van der Waals surface area contributed by atoms with Gasteiger partial charge in [-0.1, -0.05) is 23.7 Å². The summed E-state index contributed by atoms with van der Waals surface area (Å²) in [6.07, 6.45) is 3.77. The average Bonchev–Trinajstić information content (AvgIpc) is 2.93. The van der Waals surface area contributed by atoms with E-state index in [1.54, 1.807) is 7.11 Å². The van der Waals surface area contributed by atoms with Crippen LogP contribution in [0.4, 0.5) is 5.69 Å². The zero-order valence-electron chi connectivity index (χ0n) is 12.3. The molecule has 1 amide bonds. The maximum atomic E-state index is 12.0. The lowest BCUT2D eigenvalue weighted by Gasteiger charge is -2.24. The first-order chi connectivity index (χ1) is 10.8. The van der Waals surface area contributed by atoms with E-state index in [0.29, 0.717) is 29.7 Å². The van der Waals surface area contributed by atoms with Gasteiger partial charge in [0.15, 0.2) is 5.82 Å². The molecule has 0 radical (unpaired) electrons. The Morgan fingerprint density at radius 1 is 1.36 bits per heavy atom. The standard InChI is InChI=1S/C16H17N3O3/c1-21-12-7-3-6-10-11(8-13(20)17-14(10)12)16-18-15(19-22-16)9-4-2-5-9/h3,6-7,9,11H,2,4-5,8H2,1H3,(H,17,20). The summed E-state index contributed by atoms with van der Waals surface area (Å²) in [6, 6.07) is 5.70. The predicted molar refractivity (Wildman–Crippen MR) is 79.0 cm³/mol. The number of hydrogen-bond donors (Lipinski definition) is 1. The fourth-order valence-electron chi connectivity index (χ4n) is 3.07. The van der Waals surface area contributed by atoms with Crippen LogP contribution in [0.3, 0.4) is 0 Å². The van der Waals surface area contributed by atoms with E-state index in [1.165, 1.54) is 6.42 Å². The smallest absolute Gasteiger partial charge is 0.234 e. The molecule has 6 heteroatoms. The predicted octanol–water partition coefficient (Wildman–Crippen LogP) is 2.82. The molecule has 0 saturated heterocycles. The monoisotopic (exact) mass is 299 g/mol. The molecule has 1 aliphatic carbocycles. The van der Waals surface area contributed by atoms with E-state index in [1.807, 2.05) is 18.2 Å². The van der Waals surface area contributed by atoms with Gasteiger partial charge in [-0.2, -0.15) is 4.98 Å². The molecular formula is C16H17N3O3. The Morgan fingerprint density at radius 3 is 2.95 bits per heavy atom. The lowest BCUT2D eigenvalue weighted by molar-refractivity contribution is -0.116. The van der Waals surface area contributed by atoms with Crippen LogP contribution in [0, 0.1) is 0 Å². The normalized spacial score (nSPS) is 21.0. The van der Waals surface area contributed by atoms with Crippen molar-refractivity contribution in [3.63, 3.8) is 0 Å². The van der Waals surface area contributed by atoms with Gasteiger partial charge in [0, 0.05) is 12.3 Å². The molecule has 1 aromatic heterocycles. The van der Waals surface area contributed by atoms with Crippen LogP contribution < -0.4 is 10.1 Å². The average molecular weight is 299 g/mol.